The average Bonchev–Trinajstić information content (AvgIpc) is 2.72. The molecule has 1 rings (SSSR count). The number of hydrogen-bond donors (Lipinski definition) is 1. The minimum absolute atomic E-state index is 0.0205. The number of anilines is 1. The van der Waals surface area contributed by atoms with Gasteiger partial charge >= 0.3 is 5.97 Å². The number of hydrogen-bond acceptors (Lipinski definition) is 5. The van der Waals surface area contributed by atoms with Crippen LogP contribution in [0.25, 0.3) is 0 Å². The fourth-order valence-electron chi connectivity index (χ4n) is 1.28. The molecule has 6 heteroatoms. The van der Waals surface area contributed by atoms with Gasteiger partial charge in [-0.3, -0.25) is 4.79 Å². The van der Waals surface area contributed by atoms with Crippen LogP contribution in [-0.2, 0) is 11.2 Å². The highest BCUT2D eigenvalue weighted by Gasteiger charge is 2.19. The highest BCUT2D eigenvalue weighted by molar-refractivity contribution is 7.09. The lowest BCUT2D eigenvalue weighted by atomic mass is 10.2. The van der Waals surface area contributed by atoms with Crippen LogP contribution in [-0.4, -0.2) is 33.0 Å². The molecule has 1 unspecified atom stereocenters. The molecule has 1 heterocycles. The Balaban J connectivity index is 2.86. The molecular weight excluding hydrogens is 226 g/mol. The van der Waals surface area contributed by atoms with Gasteiger partial charge in [-0.2, -0.15) is 4.37 Å². The molecule has 0 amide bonds. The monoisotopic (exact) mass is 243 g/mol. The molecule has 1 N–H and O–H groups in total. The van der Waals surface area contributed by atoms with Crippen LogP contribution in [0.4, 0.5) is 5.13 Å². The first-order valence-electron chi connectivity index (χ1n) is 5.39. The van der Waals surface area contributed by atoms with Crippen LogP contribution in [0.5, 0.6) is 0 Å². The molecule has 0 fully saturated rings. The summed E-state index contributed by atoms with van der Waals surface area (Å²) in [5.41, 5.74) is 0. The van der Waals surface area contributed by atoms with Crippen molar-refractivity contribution < 1.29 is 9.90 Å². The minimum atomic E-state index is -0.839. The molecule has 0 radical (unpaired) electrons. The van der Waals surface area contributed by atoms with Crippen molar-refractivity contribution >= 4 is 22.6 Å². The van der Waals surface area contributed by atoms with E-state index in [2.05, 4.69) is 9.36 Å². The molecule has 5 nitrogen and oxygen atoms in total. The second-order valence-corrected chi connectivity index (χ2v) is 4.36. The third-order valence-corrected chi connectivity index (χ3v) is 3.24. The predicted octanol–water partition coefficient (Wildman–Crippen LogP) is 1.79. The van der Waals surface area contributed by atoms with Gasteiger partial charge in [0.05, 0.1) is 0 Å². The van der Waals surface area contributed by atoms with Crippen molar-refractivity contribution in [2.24, 2.45) is 0 Å². The molecule has 90 valence electrons. The van der Waals surface area contributed by atoms with E-state index in [1.165, 1.54) is 11.5 Å². The topological polar surface area (TPSA) is 66.3 Å². The van der Waals surface area contributed by atoms with Gasteiger partial charge in [-0.15, -0.1) is 0 Å². The SMILES string of the molecule is CCc1nsc(N(CC(=O)O)C(C)CC)n1. The Morgan fingerprint density at radius 1 is 1.56 bits per heavy atom. The van der Waals surface area contributed by atoms with E-state index in [-0.39, 0.29) is 12.6 Å². The van der Waals surface area contributed by atoms with Gasteiger partial charge in [-0.25, -0.2) is 4.98 Å². The maximum Gasteiger partial charge on any atom is 0.323 e. The predicted molar refractivity (Wildman–Crippen MR) is 64.0 cm³/mol. The summed E-state index contributed by atoms with van der Waals surface area (Å²) in [6, 6.07) is 0.161. The summed E-state index contributed by atoms with van der Waals surface area (Å²) in [5, 5.41) is 9.57. The summed E-state index contributed by atoms with van der Waals surface area (Å²) in [6.45, 7) is 5.99. The number of aromatic nitrogens is 2. The molecule has 0 aliphatic carbocycles. The van der Waals surface area contributed by atoms with Gasteiger partial charge in [0, 0.05) is 24.0 Å². The fourth-order valence-corrected chi connectivity index (χ4v) is 2.14. The maximum absolute atomic E-state index is 10.8. The normalized spacial score (nSPS) is 12.4. The quantitative estimate of drug-likeness (QED) is 0.825. The van der Waals surface area contributed by atoms with Crippen molar-refractivity contribution in [3.05, 3.63) is 5.82 Å². The van der Waals surface area contributed by atoms with Gasteiger partial charge < -0.3 is 10.0 Å². The zero-order chi connectivity index (χ0) is 12.1. The molecule has 16 heavy (non-hydrogen) atoms. The third kappa shape index (κ3) is 3.16. The van der Waals surface area contributed by atoms with E-state index in [0.717, 1.165) is 18.7 Å². The molecule has 1 aromatic rings. The Kier molecular flexibility index (Phi) is 4.67. The molecule has 0 bridgehead atoms. The first-order valence-corrected chi connectivity index (χ1v) is 6.16. The first-order chi connectivity index (χ1) is 7.58. The fraction of sp³-hybridized carbons (Fsp3) is 0.700. The number of carboxylic acids is 1. The summed E-state index contributed by atoms with van der Waals surface area (Å²) in [7, 11) is 0. The molecular formula is C10H17N3O2S. The minimum Gasteiger partial charge on any atom is -0.480 e. The Hall–Kier alpha value is -1.17. The summed E-state index contributed by atoms with van der Waals surface area (Å²) >= 11 is 1.27. The second-order valence-electron chi connectivity index (χ2n) is 3.63. The van der Waals surface area contributed by atoms with Crippen molar-refractivity contribution in [2.75, 3.05) is 11.4 Å². The van der Waals surface area contributed by atoms with Crippen molar-refractivity contribution in [1.82, 2.24) is 9.36 Å². The van der Waals surface area contributed by atoms with Crippen molar-refractivity contribution in [1.29, 1.82) is 0 Å². The van der Waals surface area contributed by atoms with E-state index in [1.807, 2.05) is 20.8 Å². The smallest absolute Gasteiger partial charge is 0.323 e. The van der Waals surface area contributed by atoms with Crippen molar-refractivity contribution in [3.63, 3.8) is 0 Å². The molecule has 0 spiro atoms. The van der Waals surface area contributed by atoms with Gasteiger partial charge in [-0.05, 0) is 13.3 Å². The lowest BCUT2D eigenvalue weighted by Crippen LogP contribution is -2.37. The van der Waals surface area contributed by atoms with Gasteiger partial charge in [0.25, 0.3) is 0 Å². The van der Waals surface area contributed by atoms with Crippen molar-refractivity contribution in [3.8, 4) is 0 Å². The molecule has 0 aliphatic heterocycles. The Morgan fingerprint density at radius 2 is 2.25 bits per heavy atom. The lowest BCUT2D eigenvalue weighted by Gasteiger charge is -2.25. The van der Waals surface area contributed by atoms with E-state index in [1.54, 1.807) is 4.90 Å². The summed E-state index contributed by atoms with van der Waals surface area (Å²) in [6.07, 6.45) is 1.66. The standard InChI is InChI=1S/C10H17N3O2S/c1-4-7(3)13(6-9(14)15)10-11-8(5-2)12-16-10/h7H,4-6H2,1-3H3,(H,14,15). The van der Waals surface area contributed by atoms with Gasteiger partial charge in [0.15, 0.2) is 0 Å². The van der Waals surface area contributed by atoms with Gasteiger partial charge in [0.1, 0.15) is 12.4 Å². The van der Waals surface area contributed by atoms with Crippen LogP contribution in [0.3, 0.4) is 0 Å². The maximum atomic E-state index is 10.8. The van der Waals surface area contributed by atoms with Crippen molar-refractivity contribution in [2.45, 2.75) is 39.7 Å². The van der Waals surface area contributed by atoms with Crippen LogP contribution in [0.2, 0.25) is 0 Å². The third-order valence-electron chi connectivity index (χ3n) is 2.45. The van der Waals surface area contributed by atoms with E-state index in [0.29, 0.717) is 5.13 Å². The number of aliphatic carboxylic acids is 1. The van der Waals surface area contributed by atoms with E-state index in [4.69, 9.17) is 5.11 Å². The van der Waals surface area contributed by atoms with Crippen LogP contribution in [0, 0.1) is 0 Å². The Morgan fingerprint density at radius 3 is 2.69 bits per heavy atom. The number of carbonyl (C=O) groups is 1. The summed E-state index contributed by atoms with van der Waals surface area (Å²) in [5.74, 6) is -0.0627. The molecule has 0 aromatic carbocycles. The highest BCUT2D eigenvalue weighted by Crippen LogP contribution is 2.20. The highest BCUT2D eigenvalue weighted by atomic mass is 32.1. The number of carboxylic acid groups (broad SMARTS) is 1. The first kappa shape index (κ1) is 12.9. The van der Waals surface area contributed by atoms with E-state index < -0.39 is 5.97 Å². The van der Waals surface area contributed by atoms with Gasteiger partial charge in [-0.1, -0.05) is 13.8 Å². The molecule has 1 aromatic heterocycles. The van der Waals surface area contributed by atoms with Crippen LogP contribution in [0.1, 0.15) is 33.0 Å². The zero-order valence-electron chi connectivity index (χ0n) is 9.80. The van der Waals surface area contributed by atoms with Crippen LogP contribution < -0.4 is 4.90 Å². The Labute approximate surface area is 99.3 Å². The second kappa shape index (κ2) is 5.79. The van der Waals surface area contributed by atoms with E-state index >= 15 is 0 Å². The van der Waals surface area contributed by atoms with Gasteiger partial charge in [0.2, 0.25) is 5.13 Å². The number of nitrogens with zero attached hydrogens (tertiary/aromatic N) is 3. The van der Waals surface area contributed by atoms with E-state index in [9.17, 15) is 4.79 Å². The van der Waals surface area contributed by atoms with Crippen LogP contribution in [0.15, 0.2) is 0 Å². The largest absolute Gasteiger partial charge is 0.480 e. The molecule has 0 aliphatic rings. The number of rotatable bonds is 6. The molecule has 0 saturated heterocycles. The zero-order valence-corrected chi connectivity index (χ0v) is 10.6. The number of aryl methyl sites for hydroxylation is 1. The average molecular weight is 243 g/mol. The molecule has 1 atom stereocenters. The van der Waals surface area contributed by atoms with Crippen LogP contribution >= 0.6 is 11.5 Å². The summed E-state index contributed by atoms with van der Waals surface area (Å²) < 4.78 is 4.18. The lowest BCUT2D eigenvalue weighted by molar-refractivity contribution is -0.135. The molecule has 0 saturated carbocycles. The Bertz CT molecular complexity index is 354. The summed E-state index contributed by atoms with van der Waals surface area (Å²) in [4.78, 5) is 16.9.